The van der Waals surface area contributed by atoms with Gasteiger partial charge in [-0.25, -0.2) is 15.0 Å². The predicted molar refractivity (Wildman–Crippen MR) is 162 cm³/mol. The zero-order chi connectivity index (χ0) is 29.8. The Balaban J connectivity index is 2.00. The van der Waals surface area contributed by atoms with E-state index >= 15 is 0 Å². The summed E-state index contributed by atoms with van der Waals surface area (Å²) in [6, 6.07) is 0. The second-order valence-corrected chi connectivity index (χ2v) is 24.9. The van der Waals surface area contributed by atoms with Gasteiger partial charge in [-0.2, -0.15) is 0 Å². The van der Waals surface area contributed by atoms with Crippen molar-refractivity contribution in [3.05, 3.63) is 12.7 Å². The van der Waals surface area contributed by atoms with Crippen LogP contribution in [0.2, 0.25) is 36.3 Å². The number of hydrogen-bond donors (Lipinski definition) is 1. The average Bonchev–Trinajstić information content (AvgIpc) is 3.31. The molecule has 0 unspecified atom stereocenters. The number of anilines is 1. The number of hydrogen-bond acceptors (Lipinski definition) is 7. The second-order valence-electron chi connectivity index (χ2n) is 15.4. The summed E-state index contributed by atoms with van der Waals surface area (Å²) in [5, 5.41) is 3.06. The van der Waals surface area contributed by atoms with Gasteiger partial charge in [0.15, 0.2) is 39.8 Å². The van der Waals surface area contributed by atoms with Gasteiger partial charge in [0.25, 0.3) is 0 Å². The number of ether oxygens (including phenoxy) is 1. The first kappa shape index (κ1) is 31.9. The van der Waals surface area contributed by atoms with Crippen LogP contribution in [0.5, 0.6) is 0 Å². The van der Waals surface area contributed by atoms with E-state index in [1.165, 1.54) is 6.33 Å². The Bertz CT molecular complexity index is 1190. The number of nitrogens with zero attached hydrogens (tertiary/aromatic N) is 4. The summed E-state index contributed by atoms with van der Waals surface area (Å²) in [6.45, 7) is 30.7. The molecule has 3 rings (SSSR count). The molecule has 1 amide bonds. The van der Waals surface area contributed by atoms with Crippen LogP contribution in [0.4, 0.5) is 5.82 Å². The summed E-state index contributed by atoms with van der Waals surface area (Å²) in [6.07, 6.45) is 3.21. The molecule has 0 saturated carbocycles. The number of nitrogens with one attached hydrogen (secondary N) is 1. The molecule has 0 aromatic carbocycles. The minimum absolute atomic E-state index is 0.0394. The van der Waals surface area contributed by atoms with Gasteiger partial charge in [-0.15, -0.1) is 0 Å². The van der Waals surface area contributed by atoms with Crippen molar-refractivity contribution in [2.75, 3.05) is 11.9 Å². The minimum atomic E-state index is -2.13. The van der Waals surface area contributed by atoms with E-state index in [1.807, 2.05) is 25.3 Å². The van der Waals surface area contributed by atoms with E-state index in [0.717, 1.165) is 0 Å². The normalized spacial score (nSPS) is 23.4. The number of carbonyl (C=O) groups excluding carboxylic acids is 1. The molecule has 1 aliphatic heterocycles. The summed E-state index contributed by atoms with van der Waals surface area (Å²) in [5.74, 6) is 0.256. The first-order chi connectivity index (χ1) is 17.5. The third-order valence-electron chi connectivity index (χ3n) is 8.70. The number of amides is 1. The maximum Gasteiger partial charge on any atom is 0.230 e. The van der Waals surface area contributed by atoms with Gasteiger partial charge in [0.05, 0.1) is 24.6 Å². The lowest BCUT2D eigenvalue weighted by Crippen LogP contribution is -2.46. The van der Waals surface area contributed by atoms with Gasteiger partial charge in [-0.05, 0) is 43.2 Å². The molecular formula is C28H51N5O4Si2. The van der Waals surface area contributed by atoms with E-state index in [0.29, 0.717) is 30.0 Å². The molecule has 0 aliphatic carbocycles. The van der Waals surface area contributed by atoms with Crippen molar-refractivity contribution in [1.82, 2.24) is 19.5 Å². The van der Waals surface area contributed by atoms with Crippen molar-refractivity contribution in [2.24, 2.45) is 5.41 Å². The Morgan fingerprint density at radius 3 is 2.15 bits per heavy atom. The highest BCUT2D eigenvalue weighted by Gasteiger charge is 2.51. The molecule has 0 radical (unpaired) electrons. The highest BCUT2D eigenvalue weighted by atomic mass is 28.4. The zero-order valence-electron chi connectivity index (χ0n) is 26.6. The first-order valence-electron chi connectivity index (χ1n) is 14.0. The van der Waals surface area contributed by atoms with E-state index in [1.54, 1.807) is 6.33 Å². The van der Waals surface area contributed by atoms with Crippen LogP contribution in [0.1, 0.15) is 81.9 Å². The van der Waals surface area contributed by atoms with Gasteiger partial charge in [0, 0.05) is 11.8 Å². The smallest absolute Gasteiger partial charge is 0.230 e. The van der Waals surface area contributed by atoms with Crippen molar-refractivity contribution >= 4 is 39.5 Å². The van der Waals surface area contributed by atoms with Gasteiger partial charge in [0.2, 0.25) is 5.91 Å². The van der Waals surface area contributed by atoms with E-state index in [2.05, 4.69) is 94.9 Å². The number of fused-ring (bicyclic) bond motifs is 1. The lowest BCUT2D eigenvalue weighted by Gasteiger charge is -2.39. The van der Waals surface area contributed by atoms with Gasteiger partial charge in [-0.1, -0.05) is 62.3 Å². The van der Waals surface area contributed by atoms with Gasteiger partial charge >= 0.3 is 0 Å². The highest BCUT2D eigenvalue weighted by molar-refractivity contribution is 6.74. The highest BCUT2D eigenvalue weighted by Crippen LogP contribution is 2.46. The van der Waals surface area contributed by atoms with Gasteiger partial charge in [0.1, 0.15) is 6.33 Å². The topological polar surface area (TPSA) is 100 Å². The SMILES string of the molecule is CC(C)(C)C(=O)Nc1ncnc2c1ncn2[C@@H]1O[C@](C)(CO[Si](C)(C)C(C)(C)C)C[C@H]1O[Si](C)(C)C(C)(C)C. The Morgan fingerprint density at radius 2 is 1.62 bits per heavy atom. The maximum atomic E-state index is 12.7. The zero-order valence-corrected chi connectivity index (χ0v) is 28.6. The third-order valence-corrected chi connectivity index (χ3v) is 17.7. The summed E-state index contributed by atoms with van der Waals surface area (Å²) < 4.78 is 22.4. The molecule has 220 valence electrons. The van der Waals surface area contributed by atoms with E-state index in [4.69, 9.17) is 13.6 Å². The molecule has 2 aromatic heterocycles. The van der Waals surface area contributed by atoms with Gasteiger partial charge < -0.3 is 18.9 Å². The number of imidazole rings is 1. The molecule has 0 spiro atoms. The fourth-order valence-corrected chi connectivity index (χ4v) is 6.31. The van der Waals surface area contributed by atoms with Crippen LogP contribution in [0.25, 0.3) is 11.2 Å². The molecule has 3 heterocycles. The van der Waals surface area contributed by atoms with Crippen LogP contribution in [0.3, 0.4) is 0 Å². The molecule has 39 heavy (non-hydrogen) atoms. The van der Waals surface area contributed by atoms with Crippen molar-refractivity contribution in [3.8, 4) is 0 Å². The molecule has 11 heteroatoms. The minimum Gasteiger partial charge on any atom is -0.414 e. The standard InChI is InChI=1S/C28H51N5O4Si2/c1-25(2,3)24(34)32-21-20-22(30-17-29-21)33(18-31-20)23-19(37-39(13,14)27(7,8)9)15-28(10,36-23)16-35-38(11,12)26(4,5)6/h17-19,23H,15-16H2,1-14H3,(H,29,30,32,34)/t19-,23-,28+/m1/s1. The molecule has 3 atom stereocenters. The summed E-state index contributed by atoms with van der Waals surface area (Å²) in [7, 11) is -4.11. The molecule has 2 aromatic rings. The third kappa shape index (κ3) is 6.81. The monoisotopic (exact) mass is 577 g/mol. The van der Waals surface area contributed by atoms with Crippen LogP contribution >= 0.6 is 0 Å². The van der Waals surface area contributed by atoms with E-state index < -0.39 is 33.9 Å². The Morgan fingerprint density at radius 1 is 1.03 bits per heavy atom. The van der Waals surface area contributed by atoms with E-state index in [9.17, 15) is 4.79 Å². The van der Waals surface area contributed by atoms with Crippen LogP contribution in [0.15, 0.2) is 12.7 Å². The lowest BCUT2D eigenvalue weighted by molar-refractivity contribution is -0.123. The van der Waals surface area contributed by atoms with Crippen LogP contribution < -0.4 is 5.32 Å². The quantitative estimate of drug-likeness (QED) is 0.357. The van der Waals surface area contributed by atoms with Crippen LogP contribution in [0, 0.1) is 5.41 Å². The maximum absolute atomic E-state index is 12.7. The summed E-state index contributed by atoms with van der Waals surface area (Å²) in [4.78, 5) is 26.2. The largest absolute Gasteiger partial charge is 0.414 e. The number of carbonyl (C=O) groups is 1. The second kappa shape index (κ2) is 10.3. The van der Waals surface area contributed by atoms with Crippen LogP contribution in [-0.2, 0) is 18.4 Å². The van der Waals surface area contributed by atoms with E-state index in [-0.39, 0.29) is 22.1 Å². The molecule has 0 bridgehead atoms. The Labute approximate surface area is 237 Å². The Hall–Kier alpha value is -1.67. The molecule has 1 saturated heterocycles. The average molecular weight is 578 g/mol. The van der Waals surface area contributed by atoms with Crippen molar-refractivity contribution < 1.29 is 18.4 Å². The summed E-state index contributed by atoms with van der Waals surface area (Å²) in [5.41, 5.74) is 0.0104. The summed E-state index contributed by atoms with van der Waals surface area (Å²) >= 11 is 0. The van der Waals surface area contributed by atoms with Crippen molar-refractivity contribution in [1.29, 1.82) is 0 Å². The number of rotatable bonds is 7. The fourth-order valence-electron chi connectivity index (χ4n) is 3.90. The molecular weight excluding hydrogens is 527 g/mol. The molecule has 1 fully saturated rings. The van der Waals surface area contributed by atoms with Gasteiger partial charge in [-0.3, -0.25) is 9.36 Å². The molecule has 1 N–H and O–H groups in total. The van der Waals surface area contributed by atoms with Crippen LogP contribution in [-0.4, -0.2) is 60.4 Å². The van der Waals surface area contributed by atoms with Crippen molar-refractivity contribution in [3.63, 3.8) is 0 Å². The molecule has 1 aliphatic rings. The Kier molecular flexibility index (Phi) is 8.42. The van der Waals surface area contributed by atoms with Crippen molar-refractivity contribution in [2.45, 2.75) is 130 Å². The molecule has 9 nitrogen and oxygen atoms in total. The first-order valence-corrected chi connectivity index (χ1v) is 19.8. The fraction of sp³-hybridized carbons (Fsp3) is 0.786. The lowest BCUT2D eigenvalue weighted by atomic mass is 9.96. The predicted octanol–water partition coefficient (Wildman–Crippen LogP) is 6.90. The number of aromatic nitrogens is 4.